The maximum Gasteiger partial charge on any atom is 0.229 e. The number of benzene rings is 2. The van der Waals surface area contributed by atoms with Crippen molar-refractivity contribution in [3.63, 3.8) is 0 Å². The molecule has 4 unspecified atom stereocenters. The highest BCUT2D eigenvalue weighted by Crippen LogP contribution is 2.57. The highest BCUT2D eigenvalue weighted by molar-refractivity contribution is 5.84. The van der Waals surface area contributed by atoms with E-state index >= 15 is 0 Å². The zero-order valence-corrected chi connectivity index (χ0v) is 20.1. The second-order valence-electron chi connectivity index (χ2n) is 10.2. The first-order chi connectivity index (χ1) is 15.6. The Labute approximate surface area is 196 Å². The zero-order valence-electron chi connectivity index (χ0n) is 20.1. The molecule has 4 rings (SSSR count). The number of rotatable bonds is 5. The third kappa shape index (κ3) is 3.79. The molecule has 1 heterocycles. The van der Waals surface area contributed by atoms with Crippen molar-refractivity contribution >= 4 is 5.91 Å². The Hall–Kier alpha value is -2.57. The lowest BCUT2D eigenvalue weighted by atomic mass is 9.56. The predicted octanol–water partition coefficient (Wildman–Crippen LogP) is 3.56. The second-order valence-corrected chi connectivity index (χ2v) is 10.2. The van der Waals surface area contributed by atoms with Gasteiger partial charge in [-0.15, -0.1) is 0 Å². The first-order valence-electron chi connectivity index (χ1n) is 11.6. The lowest BCUT2D eigenvalue weighted by molar-refractivity contribution is -0.182. The Morgan fingerprint density at radius 2 is 1.58 bits per heavy atom. The molecule has 1 aliphatic carbocycles. The summed E-state index contributed by atoms with van der Waals surface area (Å²) in [5.41, 5.74) is -0.312. The summed E-state index contributed by atoms with van der Waals surface area (Å²) >= 11 is 0. The average molecular weight is 454 g/mol. The number of carbonyl (C=O) groups is 1. The van der Waals surface area contributed by atoms with Gasteiger partial charge in [0.25, 0.3) is 0 Å². The van der Waals surface area contributed by atoms with Crippen LogP contribution in [0.25, 0.3) is 0 Å². The van der Waals surface area contributed by atoms with Crippen LogP contribution in [0.4, 0.5) is 0 Å². The van der Waals surface area contributed by atoms with Crippen molar-refractivity contribution in [3.8, 4) is 11.5 Å². The Morgan fingerprint density at radius 3 is 2.24 bits per heavy atom. The van der Waals surface area contributed by atoms with Crippen LogP contribution in [0.15, 0.2) is 48.5 Å². The van der Waals surface area contributed by atoms with Crippen molar-refractivity contribution in [2.45, 2.75) is 44.8 Å². The van der Waals surface area contributed by atoms with Gasteiger partial charge in [0.15, 0.2) is 0 Å². The van der Waals surface area contributed by atoms with E-state index in [0.717, 1.165) is 5.56 Å². The Bertz CT molecular complexity index is 1020. The standard InChI is InChI=1S/C27H35NO5/c1-17(18-10-6-8-12-22(18)32-4)25(30)28-15-20-21(16-28)27(31,24(29)14-26(20,2)3)19-11-7-9-13-23(19)33-5/h6-13,17,20-21,24,29,31H,14-16H2,1-5H3/t17-,20?,21?,24?,27?/m0/s1. The average Bonchev–Trinajstić information content (AvgIpc) is 3.29. The van der Waals surface area contributed by atoms with Gasteiger partial charge in [0, 0.05) is 30.1 Å². The fourth-order valence-corrected chi connectivity index (χ4v) is 6.06. The molecule has 33 heavy (non-hydrogen) atoms. The van der Waals surface area contributed by atoms with E-state index in [4.69, 9.17) is 9.47 Å². The minimum atomic E-state index is -1.50. The molecular formula is C27H35NO5. The molecule has 1 amide bonds. The fraction of sp³-hybridized carbons (Fsp3) is 0.519. The number of aliphatic hydroxyl groups excluding tert-OH is 1. The van der Waals surface area contributed by atoms with Crippen molar-refractivity contribution in [2.24, 2.45) is 17.3 Å². The molecule has 1 aliphatic heterocycles. The van der Waals surface area contributed by atoms with Crippen molar-refractivity contribution in [1.29, 1.82) is 0 Å². The van der Waals surface area contributed by atoms with E-state index in [0.29, 0.717) is 36.6 Å². The molecule has 178 valence electrons. The fourth-order valence-electron chi connectivity index (χ4n) is 6.06. The molecular weight excluding hydrogens is 418 g/mol. The Kier molecular flexibility index (Phi) is 6.18. The van der Waals surface area contributed by atoms with E-state index in [1.165, 1.54) is 0 Å². The molecule has 1 saturated carbocycles. The van der Waals surface area contributed by atoms with Crippen LogP contribution in [-0.2, 0) is 10.4 Å². The number of para-hydroxylation sites is 2. The minimum Gasteiger partial charge on any atom is -0.496 e. The number of fused-ring (bicyclic) bond motifs is 1. The molecule has 2 aromatic rings. The Balaban J connectivity index is 1.70. The highest BCUT2D eigenvalue weighted by Gasteiger charge is 2.61. The third-order valence-corrected chi connectivity index (χ3v) is 7.94. The monoisotopic (exact) mass is 453 g/mol. The topological polar surface area (TPSA) is 79.2 Å². The summed E-state index contributed by atoms with van der Waals surface area (Å²) in [7, 11) is 3.18. The first kappa shape index (κ1) is 23.6. The summed E-state index contributed by atoms with van der Waals surface area (Å²) in [6.07, 6.45) is -0.529. The van der Waals surface area contributed by atoms with Crippen molar-refractivity contribution in [3.05, 3.63) is 59.7 Å². The van der Waals surface area contributed by atoms with Crippen molar-refractivity contribution < 1.29 is 24.5 Å². The van der Waals surface area contributed by atoms with Crippen LogP contribution in [0.5, 0.6) is 11.5 Å². The lowest BCUT2D eigenvalue weighted by Gasteiger charge is -2.52. The molecule has 2 aromatic carbocycles. The molecule has 2 aliphatic rings. The van der Waals surface area contributed by atoms with E-state index in [-0.39, 0.29) is 29.1 Å². The van der Waals surface area contributed by atoms with Gasteiger partial charge >= 0.3 is 0 Å². The number of carbonyl (C=O) groups excluding carboxylic acids is 1. The molecule has 1 saturated heterocycles. The van der Waals surface area contributed by atoms with Gasteiger partial charge in [-0.3, -0.25) is 4.79 Å². The van der Waals surface area contributed by atoms with E-state index in [9.17, 15) is 15.0 Å². The number of nitrogens with zero attached hydrogens (tertiary/aromatic N) is 1. The molecule has 2 fully saturated rings. The van der Waals surface area contributed by atoms with Crippen LogP contribution in [0.1, 0.15) is 44.2 Å². The maximum absolute atomic E-state index is 13.6. The summed E-state index contributed by atoms with van der Waals surface area (Å²) < 4.78 is 11.0. The lowest BCUT2D eigenvalue weighted by Crippen LogP contribution is -2.57. The summed E-state index contributed by atoms with van der Waals surface area (Å²) in [4.78, 5) is 15.5. The molecule has 0 bridgehead atoms. The quantitative estimate of drug-likeness (QED) is 0.724. The summed E-state index contributed by atoms with van der Waals surface area (Å²) in [6.45, 7) is 7.05. The summed E-state index contributed by atoms with van der Waals surface area (Å²) in [5, 5.41) is 23.3. The SMILES string of the molecule is COc1ccccc1[C@H](C)C(=O)N1CC2C(C1)C(O)(c1ccccc1OC)C(O)CC2(C)C. The molecule has 6 heteroatoms. The van der Waals surface area contributed by atoms with Gasteiger partial charge in [-0.2, -0.15) is 0 Å². The van der Waals surface area contributed by atoms with Gasteiger partial charge in [-0.05, 0) is 36.8 Å². The second kappa shape index (κ2) is 8.65. The largest absolute Gasteiger partial charge is 0.496 e. The van der Waals surface area contributed by atoms with Gasteiger partial charge in [-0.1, -0.05) is 50.2 Å². The summed E-state index contributed by atoms with van der Waals surface area (Å²) in [5.74, 6) is 0.571. The molecule has 0 radical (unpaired) electrons. The van der Waals surface area contributed by atoms with Crippen LogP contribution in [0.2, 0.25) is 0 Å². The molecule has 0 spiro atoms. The smallest absolute Gasteiger partial charge is 0.229 e. The van der Waals surface area contributed by atoms with Crippen LogP contribution in [-0.4, -0.2) is 54.4 Å². The molecule has 6 nitrogen and oxygen atoms in total. The van der Waals surface area contributed by atoms with Gasteiger partial charge < -0.3 is 24.6 Å². The van der Waals surface area contributed by atoms with Crippen LogP contribution < -0.4 is 9.47 Å². The van der Waals surface area contributed by atoms with E-state index in [1.54, 1.807) is 20.3 Å². The number of amides is 1. The van der Waals surface area contributed by atoms with E-state index < -0.39 is 11.7 Å². The number of likely N-dealkylation sites (tertiary alicyclic amines) is 1. The zero-order chi connectivity index (χ0) is 24.0. The molecule has 0 aromatic heterocycles. The maximum atomic E-state index is 13.6. The van der Waals surface area contributed by atoms with Gasteiger partial charge in [0.1, 0.15) is 17.1 Å². The van der Waals surface area contributed by atoms with Crippen LogP contribution in [0.3, 0.4) is 0 Å². The normalized spacial score (nSPS) is 29.3. The number of ether oxygens (including phenoxy) is 2. The van der Waals surface area contributed by atoms with Gasteiger partial charge in [0.2, 0.25) is 5.91 Å². The molecule has 5 atom stereocenters. The summed E-state index contributed by atoms with van der Waals surface area (Å²) in [6, 6.07) is 14.9. The van der Waals surface area contributed by atoms with Crippen molar-refractivity contribution in [2.75, 3.05) is 27.3 Å². The van der Waals surface area contributed by atoms with E-state index in [1.807, 2.05) is 54.3 Å². The highest BCUT2D eigenvalue weighted by atomic mass is 16.5. The van der Waals surface area contributed by atoms with E-state index in [2.05, 4.69) is 13.8 Å². The predicted molar refractivity (Wildman–Crippen MR) is 126 cm³/mol. The number of hydrogen-bond donors (Lipinski definition) is 2. The number of aliphatic hydroxyl groups is 2. The first-order valence-corrected chi connectivity index (χ1v) is 11.6. The van der Waals surface area contributed by atoms with Crippen LogP contribution >= 0.6 is 0 Å². The third-order valence-electron chi connectivity index (χ3n) is 7.94. The van der Waals surface area contributed by atoms with Gasteiger partial charge in [0.05, 0.1) is 26.2 Å². The van der Waals surface area contributed by atoms with Crippen LogP contribution in [0, 0.1) is 17.3 Å². The minimum absolute atomic E-state index is 0.00145. The number of hydrogen-bond acceptors (Lipinski definition) is 5. The molecule has 2 N–H and O–H groups in total. The number of methoxy groups -OCH3 is 2. The Morgan fingerprint density at radius 1 is 1.00 bits per heavy atom. The van der Waals surface area contributed by atoms with Crippen molar-refractivity contribution in [1.82, 2.24) is 4.90 Å². The van der Waals surface area contributed by atoms with Gasteiger partial charge in [-0.25, -0.2) is 0 Å².